The number of hydrogen-bond donors (Lipinski definition) is 1. The maximum atomic E-state index is 14.0. The van der Waals surface area contributed by atoms with E-state index in [9.17, 15) is 13.6 Å². The molecule has 150 valence electrons. The van der Waals surface area contributed by atoms with Gasteiger partial charge in [-0.05, 0) is 49.9 Å². The van der Waals surface area contributed by atoms with Crippen LogP contribution >= 0.6 is 15.9 Å². The number of likely N-dealkylation sites (N-methyl/N-ethyl adjacent to an activating group) is 1. The molecule has 3 rings (SSSR count). The Kier molecular flexibility index (Phi) is 6.67. The Labute approximate surface area is 172 Å². The quantitative estimate of drug-likeness (QED) is 0.733. The van der Waals surface area contributed by atoms with Crippen molar-refractivity contribution in [2.45, 2.75) is 19.9 Å². The molecule has 1 aliphatic heterocycles. The summed E-state index contributed by atoms with van der Waals surface area (Å²) in [7, 11) is 0. The molecular formula is C21H24BrF2N3O. The molecule has 2 aromatic rings. The first-order valence-electron chi connectivity index (χ1n) is 9.41. The lowest BCUT2D eigenvalue weighted by Gasteiger charge is -2.37. The van der Waals surface area contributed by atoms with E-state index >= 15 is 0 Å². The summed E-state index contributed by atoms with van der Waals surface area (Å²) in [6.07, 6.45) is 0. The molecule has 1 saturated heterocycles. The molecule has 0 radical (unpaired) electrons. The average molecular weight is 452 g/mol. The van der Waals surface area contributed by atoms with Crippen LogP contribution in [0.3, 0.4) is 0 Å². The minimum atomic E-state index is -0.594. The number of nitrogens with one attached hydrogen (secondary N) is 1. The summed E-state index contributed by atoms with van der Waals surface area (Å²) in [6, 6.07) is 8.39. The third kappa shape index (κ3) is 4.70. The van der Waals surface area contributed by atoms with E-state index < -0.39 is 17.8 Å². The van der Waals surface area contributed by atoms with Gasteiger partial charge in [-0.15, -0.1) is 0 Å². The van der Waals surface area contributed by atoms with Gasteiger partial charge < -0.3 is 15.1 Å². The molecule has 1 unspecified atom stereocenters. The standard InChI is InChI=1S/C21H24BrF2N3O/c1-3-26-8-10-27(11-9-26)20-7-5-16(23)13-17(20)14(2)25-21(28)18-12-15(22)4-6-19(18)24/h4-7,12-14H,3,8-11H2,1-2H3,(H,25,28). The number of anilines is 1. The second-order valence-electron chi connectivity index (χ2n) is 6.94. The predicted octanol–water partition coefficient (Wildman–Crippen LogP) is 4.36. The van der Waals surface area contributed by atoms with Crippen LogP contribution in [0.1, 0.15) is 35.8 Å². The number of nitrogens with zero attached hydrogens (tertiary/aromatic N) is 2. The lowest BCUT2D eigenvalue weighted by molar-refractivity contribution is 0.0935. The topological polar surface area (TPSA) is 35.6 Å². The highest BCUT2D eigenvalue weighted by Gasteiger charge is 2.23. The van der Waals surface area contributed by atoms with E-state index in [4.69, 9.17) is 0 Å². The summed E-state index contributed by atoms with van der Waals surface area (Å²) in [6.45, 7) is 8.50. The minimum absolute atomic E-state index is 0.0456. The highest BCUT2D eigenvalue weighted by molar-refractivity contribution is 9.10. The third-order valence-corrected chi connectivity index (χ3v) is 5.63. The van der Waals surface area contributed by atoms with Gasteiger partial charge in [-0.2, -0.15) is 0 Å². The molecule has 0 spiro atoms. The molecule has 4 nitrogen and oxygen atoms in total. The normalized spacial score (nSPS) is 16.1. The van der Waals surface area contributed by atoms with E-state index in [1.54, 1.807) is 13.0 Å². The molecule has 1 heterocycles. The van der Waals surface area contributed by atoms with Gasteiger partial charge in [0.05, 0.1) is 11.6 Å². The van der Waals surface area contributed by atoms with E-state index in [1.807, 2.05) is 0 Å². The second-order valence-corrected chi connectivity index (χ2v) is 7.86. The lowest BCUT2D eigenvalue weighted by atomic mass is 10.0. The van der Waals surface area contributed by atoms with E-state index in [-0.39, 0.29) is 11.4 Å². The van der Waals surface area contributed by atoms with Crippen molar-refractivity contribution >= 4 is 27.5 Å². The Morgan fingerprint density at radius 2 is 1.86 bits per heavy atom. The monoisotopic (exact) mass is 451 g/mol. The van der Waals surface area contributed by atoms with Crippen LogP contribution in [0.5, 0.6) is 0 Å². The Morgan fingerprint density at radius 1 is 1.14 bits per heavy atom. The first-order chi connectivity index (χ1) is 13.4. The van der Waals surface area contributed by atoms with Gasteiger partial charge in [0.25, 0.3) is 5.91 Å². The first kappa shape index (κ1) is 20.7. The van der Waals surface area contributed by atoms with Crippen LogP contribution in [0.2, 0.25) is 0 Å². The fourth-order valence-electron chi connectivity index (χ4n) is 3.49. The molecule has 1 N–H and O–H groups in total. The van der Waals surface area contributed by atoms with E-state index in [1.165, 1.54) is 30.3 Å². The maximum absolute atomic E-state index is 14.0. The van der Waals surface area contributed by atoms with Crippen LogP contribution in [0.25, 0.3) is 0 Å². The molecule has 28 heavy (non-hydrogen) atoms. The first-order valence-corrected chi connectivity index (χ1v) is 10.2. The Hall–Kier alpha value is -1.99. The van der Waals surface area contributed by atoms with Crippen LogP contribution in [0.15, 0.2) is 40.9 Å². The molecule has 7 heteroatoms. The molecular weight excluding hydrogens is 428 g/mol. The van der Waals surface area contributed by atoms with Crippen molar-refractivity contribution in [2.24, 2.45) is 0 Å². The molecule has 1 amide bonds. The molecule has 0 aliphatic carbocycles. The van der Waals surface area contributed by atoms with Gasteiger partial charge in [0, 0.05) is 41.9 Å². The Morgan fingerprint density at radius 3 is 2.54 bits per heavy atom. The Bertz CT molecular complexity index is 854. The summed E-state index contributed by atoms with van der Waals surface area (Å²) in [5.41, 5.74) is 1.55. The largest absolute Gasteiger partial charge is 0.369 e. The van der Waals surface area contributed by atoms with E-state index in [0.717, 1.165) is 38.4 Å². The summed E-state index contributed by atoms with van der Waals surface area (Å²) < 4.78 is 28.6. The van der Waals surface area contributed by atoms with Crippen LogP contribution in [-0.4, -0.2) is 43.5 Å². The number of hydrogen-bond acceptors (Lipinski definition) is 3. The fraction of sp³-hybridized carbons (Fsp3) is 0.381. The van der Waals surface area contributed by atoms with Gasteiger partial charge >= 0.3 is 0 Å². The molecule has 1 fully saturated rings. The van der Waals surface area contributed by atoms with Crippen molar-refractivity contribution in [3.05, 3.63) is 63.6 Å². The molecule has 1 aliphatic rings. The summed E-state index contributed by atoms with van der Waals surface area (Å²) in [4.78, 5) is 17.1. The predicted molar refractivity (Wildman–Crippen MR) is 111 cm³/mol. The van der Waals surface area contributed by atoms with Gasteiger partial charge in [0.1, 0.15) is 11.6 Å². The fourth-order valence-corrected chi connectivity index (χ4v) is 3.85. The molecule has 0 aromatic heterocycles. The summed E-state index contributed by atoms with van der Waals surface area (Å²) >= 11 is 3.25. The third-order valence-electron chi connectivity index (χ3n) is 5.14. The number of amides is 1. The number of carbonyl (C=O) groups is 1. The van der Waals surface area contributed by atoms with E-state index in [0.29, 0.717) is 10.0 Å². The van der Waals surface area contributed by atoms with Gasteiger partial charge in [0.15, 0.2) is 0 Å². The lowest BCUT2D eigenvalue weighted by Crippen LogP contribution is -2.46. The van der Waals surface area contributed by atoms with Gasteiger partial charge in [0.2, 0.25) is 0 Å². The van der Waals surface area contributed by atoms with Crippen molar-refractivity contribution in [1.29, 1.82) is 0 Å². The smallest absolute Gasteiger partial charge is 0.254 e. The molecule has 0 bridgehead atoms. The van der Waals surface area contributed by atoms with Crippen molar-refractivity contribution in [2.75, 3.05) is 37.6 Å². The summed E-state index contributed by atoms with van der Waals surface area (Å²) in [5.74, 6) is -1.49. The minimum Gasteiger partial charge on any atom is -0.369 e. The highest BCUT2D eigenvalue weighted by atomic mass is 79.9. The highest BCUT2D eigenvalue weighted by Crippen LogP contribution is 2.29. The number of carbonyl (C=O) groups excluding carboxylic acids is 1. The van der Waals surface area contributed by atoms with Crippen LogP contribution in [-0.2, 0) is 0 Å². The summed E-state index contributed by atoms with van der Waals surface area (Å²) in [5, 5.41) is 2.80. The van der Waals surface area contributed by atoms with Crippen molar-refractivity contribution < 1.29 is 13.6 Å². The SMILES string of the molecule is CCN1CCN(c2ccc(F)cc2C(C)NC(=O)c2cc(Br)ccc2F)CC1. The number of rotatable bonds is 5. The second kappa shape index (κ2) is 9.01. The molecule has 1 atom stereocenters. The van der Waals surface area contributed by atoms with Crippen molar-refractivity contribution in [1.82, 2.24) is 10.2 Å². The average Bonchev–Trinajstić information content (AvgIpc) is 2.69. The zero-order valence-corrected chi connectivity index (χ0v) is 17.6. The van der Waals surface area contributed by atoms with Crippen molar-refractivity contribution in [3.63, 3.8) is 0 Å². The van der Waals surface area contributed by atoms with Crippen LogP contribution in [0, 0.1) is 11.6 Å². The van der Waals surface area contributed by atoms with Crippen molar-refractivity contribution in [3.8, 4) is 0 Å². The maximum Gasteiger partial charge on any atom is 0.254 e. The Balaban J connectivity index is 1.81. The zero-order valence-electron chi connectivity index (χ0n) is 16.0. The zero-order chi connectivity index (χ0) is 20.3. The number of benzene rings is 2. The molecule has 0 saturated carbocycles. The van der Waals surface area contributed by atoms with E-state index in [2.05, 4.69) is 38.0 Å². The number of piperazine rings is 1. The van der Waals surface area contributed by atoms with Gasteiger partial charge in [-0.25, -0.2) is 8.78 Å². The van der Waals surface area contributed by atoms with Crippen LogP contribution < -0.4 is 10.2 Å². The van der Waals surface area contributed by atoms with Gasteiger partial charge in [-0.3, -0.25) is 4.79 Å². The number of halogens is 3. The van der Waals surface area contributed by atoms with Gasteiger partial charge in [-0.1, -0.05) is 22.9 Å². The molecule has 2 aromatic carbocycles. The van der Waals surface area contributed by atoms with Crippen LogP contribution in [0.4, 0.5) is 14.5 Å².